The third-order valence-electron chi connectivity index (χ3n) is 5.98. The zero-order valence-corrected chi connectivity index (χ0v) is 16.0. The summed E-state index contributed by atoms with van der Waals surface area (Å²) in [5.41, 5.74) is 1.82. The van der Waals surface area contributed by atoms with Crippen LogP contribution in [0.2, 0.25) is 0 Å². The normalized spacial score (nSPS) is 24.0. The van der Waals surface area contributed by atoms with E-state index in [4.69, 9.17) is 9.31 Å². The maximum Gasteiger partial charge on any atom is 0.494 e. The van der Waals surface area contributed by atoms with Gasteiger partial charge in [-0.2, -0.15) is 0 Å². The van der Waals surface area contributed by atoms with E-state index in [1.165, 1.54) is 18.5 Å². The molecule has 0 amide bonds. The molecule has 4 nitrogen and oxygen atoms in total. The van der Waals surface area contributed by atoms with Crippen LogP contribution in [-0.4, -0.2) is 56.4 Å². The minimum atomic E-state index is -0.287. The summed E-state index contributed by atoms with van der Waals surface area (Å²) in [6, 6.07) is 9.42. The molecule has 3 rings (SSSR count). The highest BCUT2D eigenvalue weighted by Crippen LogP contribution is 2.36. The number of rotatable bonds is 3. The van der Waals surface area contributed by atoms with Gasteiger partial charge >= 0.3 is 7.12 Å². The quantitative estimate of drug-likeness (QED) is 0.795. The second-order valence-electron chi connectivity index (χ2n) is 8.36. The first-order chi connectivity index (χ1) is 11.2. The molecule has 2 saturated heterocycles. The Kier molecular flexibility index (Phi) is 4.71. The molecule has 2 aliphatic heterocycles. The van der Waals surface area contributed by atoms with Crippen LogP contribution in [0.5, 0.6) is 0 Å². The van der Waals surface area contributed by atoms with Crippen LogP contribution in [0.3, 0.4) is 0 Å². The summed E-state index contributed by atoms with van der Waals surface area (Å²) < 4.78 is 12.3. The van der Waals surface area contributed by atoms with E-state index in [2.05, 4.69) is 75.9 Å². The number of anilines is 1. The Bertz CT molecular complexity index is 547. The van der Waals surface area contributed by atoms with Gasteiger partial charge in [-0.1, -0.05) is 12.1 Å². The molecule has 0 atom stereocenters. The molecule has 0 unspecified atom stereocenters. The molecule has 0 aliphatic carbocycles. The first kappa shape index (κ1) is 17.8. The van der Waals surface area contributed by atoms with Crippen LogP contribution >= 0.6 is 0 Å². The van der Waals surface area contributed by atoms with Crippen LogP contribution in [0.1, 0.15) is 40.5 Å². The monoisotopic (exact) mass is 330 g/mol. The molecule has 1 aromatic rings. The molecular weight excluding hydrogens is 299 g/mol. The summed E-state index contributed by atoms with van der Waals surface area (Å²) in [6.45, 7) is 10.6. The smallest absolute Gasteiger partial charge is 0.399 e. The lowest BCUT2D eigenvalue weighted by molar-refractivity contribution is 0.00578. The standard InChI is InChI=1S/C19H31BN2O2/c1-18(2)19(3,4)24-20(23-18)15-7-9-17(10-8-15)22-13-11-16(12-14-22)21(5)6/h7-10,16H,11-14H2,1-6H3. The third-order valence-corrected chi connectivity index (χ3v) is 5.98. The predicted molar refractivity (Wildman–Crippen MR) is 101 cm³/mol. The third kappa shape index (κ3) is 3.35. The maximum absolute atomic E-state index is 6.13. The molecule has 5 heteroatoms. The molecule has 2 heterocycles. The molecule has 2 fully saturated rings. The topological polar surface area (TPSA) is 24.9 Å². The van der Waals surface area contributed by atoms with Crippen molar-refractivity contribution in [3.63, 3.8) is 0 Å². The van der Waals surface area contributed by atoms with Crippen molar-refractivity contribution >= 4 is 18.3 Å². The Morgan fingerprint density at radius 3 is 1.92 bits per heavy atom. The van der Waals surface area contributed by atoms with Crippen molar-refractivity contribution in [1.82, 2.24) is 4.90 Å². The van der Waals surface area contributed by atoms with Gasteiger partial charge in [-0.25, -0.2) is 0 Å². The first-order valence-corrected chi connectivity index (χ1v) is 9.06. The molecule has 132 valence electrons. The Morgan fingerprint density at radius 1 is 0.958 bits per heavy atom. The van der Waals surface area contributed by atoms with Gasteiger partial charge in [0.25, 0.3) is 0 Å². The zero-order valence-electron chi connectivity index (χ0n) is 16.0. The molecule has 0 saturated carbocycles. The van der Waals surface area contributed by atoms with Crippen LogP contribution in [0, 0.1) is 0 Å². The van der Waals surface area contributed by atoms with E-state index in [0.717, 1.165) is 18.6 Å². The van der Waals surface area contributed by atoms with Gasteiger partial charge in [-0.05, 0) is 72.2 Å². The lowest BCUT2D eigenvalue weighted by Gasteiger charge is -2.36. The van der Waals surface area contributed by atoms with Gasteiger partial charge in [-0.15, -0.1) is 0 Å². The van der Waals surface area contributed by atoms with E-state index in [1.54, 1.807) is 0 Å². The molecule has 0 bridgehead atoms. The first-order valence-electron chi connectivity index (χ1n) is 9.06. The number of hydrogen-bond donors (Lipinski definition) is 0. The largest absolute Gasteiger partial charge is 0.494 e. The van der Waals surface area contributed by atoms with E-state index < -0.39 is 0 Å². The molecule has 0 spiro atoms. The van der Waals surface area contributed by atoms with E-state index in [1.807, 2.05) is 0 Å². The minimum Gasteiger partial charge on any atom is -0.399 e. The molecular formula is C19H31BN2O2. The van der Waals surface area contributed by atoms with Gasteiger partial charge in [0, 0.05) is 24.8 Å². The number of benzene rings is 1. The van der Waals surface area contributed by atoms with Gasteiger partial charge in [0.1, 0.15) is 0 Å². The van der Waals surface area contributed by atoms with Crippen LogP contribution < -0.4 is 10.4 Å². The molecule has 24 heavy (non-hydrogen) atoms. The van der Waals surface area contributed by atoms with Crippen molar-refractivity contribution in [2.45, 2.75) is 57.8 Å². The fraction of sp³-hybridized carbons (Fsp3) is 0.684. The Morgan fingerprint density at radius 2 is 1.46 bits per heavy atom. The highest BCUT2D eigenvalue weighted by Gasteiger charge is 2.51. The van der Waals surface area contributed by atoms with Gasteiger partial charge in [0.2, 0.25) is 0 Å². The molecule has 0 radical (unpaired) electrons. The summed E-state index contributed by atoms with van der Waals surface area (Å²) in [7, 11) is 4.09. The molecule has 1 aromatic carbocycles. The minimum absolute atomic E-state index is 0.275. The number of piperidine rings is 1. The van der Waals surface area contributed by atoms with E-state index in [9.17, 15) is 0 Å². The van der Waals surface area contributed by atoms with Crippen LogP contribution in [0.25, 0.3) is 0 Å². The van der Waals surface area contributed by atoms with Crippen molar-refractivity contribution in [2.75, 3.05) is 32.1 Å². The highest BCUT2D eigenvalue weighted by atomic mass is 16.7. The Hall–Kier alpha value is -1.04. The summed E-state index contributed by atoms with van der Waals surface area (Å²) in [6.07, 6.45) is 2.46. The molecule has 0 N–H and O–H groups in total. The average Bonchev–Trinajstić information content (AvgIpc) is 2.76. The van der Waals surface area contributed by atoms with Gasteiger partial charge in [-0.3, -0.25) is 0 Å². The van der Waals surface area contributed by atoms with Crippen molar-refractivity contribution < 1.29 is 9.31 Å². The SMILES string of the molecule is CN(C)C1CCN(c2ccc(B3OC(C)(C)C(C)(C)O3)cc2)CC1. The van der Waals surface area contributed by atoms with Crippen molar-refractivity contribution in [2.24, 2.45) is 0 Å². The Labute approximate surface area is 147 Å². The van der Waals surface area contributed by atoms with Crippen LogP contribution in [-0.2, 0) is 9.31 Å². The summed E-state index contributed by atoms with van der Waals surface area (Å²) in [5.74, 6) is 0. The number of nitrogens with zero attached hydrogens (tertiary/aromatic N) is 2. The predicted octanol–water partition coefficient (Wildman–Crippen LogP) is 2.52. The van der Waals surface area contributed by atoms with Crippen molar-refractivity contribution in [3.05, 3.63) is 24.3 Å². The van der Waals surface area contributed by atoms with Gasteiger partial charge < -0.3 is 19.1 Å². The molecule has 0 aromatic heterocycles. The van der Waals surface area contributed by atoms with Crippen LogP contribution in [0.4, 0.5) is 5.69 Å². The van der Waals surface area contributed by atoms with E-state index >= 15 is 0 Å². The second kappa shape index (κ2) is 6.36. The Balaban J connectivity index is 1.65. The van der Waals surface area contributed by atoms with Gasteiger partial charge in [0.15, 0.2) is 0 Å². The van der Waals surface area contributed by atoms with E-state index in [-0.39, 0.29) is 18.3 Å². The van der Waals surface area contributed by atoms with E-state index in [0.29, 0.717) is 6.04 Å². The highest BCUT2D eigenvalue weighted by molar-refractivity contribution is 6.62. The van der Waals surface area contributed by atoms with Gasteiger partial charge in [0.05, 0.1) is 11.2 Å². The zero-order chi connectivity index (χ0) is 17.5. The summed E-state index contributed by atoms with van der Waals surface area (Å²) >= 11 is 0. The average molecular weight is 330 g/mol. The maximum atomic E-state index is 6.13. The lowest BCUT2D eigenvalue weighted by atomic mass is 9.79. The van der Waals surface area contributed by atoms with Crippen molar-refractivity contribution in [1.29, 1.82) is 0 Å². The summed E-state index contributed by atoms with van der Waals surface area (Å²) in [5, 5.41) is 0. The fourth-order valence-electron chi connectivity index (χ4n) is 3.46. The lowest BCUT2D eigenvalue weighted by Crippen LogP contribution is -2.42. The molecule has 2 aliphatic rings. The second-order valence-corrected chi connectivity index (χ2v) is 8.36. The fourth-order valence-corrected chi connectivity index (χ4v) is 3.46. The van der Waals surface area contributed by atoms with Crippen LogP contribution in [0.15, 0.2) is 24.3 Å². The number of hydrogen-bond acceptors (Lipinski definition) is 4. The summed E-state index contributed by atoms with van der Waals surface area (Å²) in [4.78, 5) is 4.83. The van der Waals surface area contributed by atoms with Crippen molar-refractivity contribution in [3.8, 4) is 0 Å².